The lowest BCUT2D eigenvalue weighted by Gasteiger charge is -2.41. The van der Waals surface area contributed by atoms with Gasteiger partial charge in [-0.3, -0.25) is 9.69 Å². The van der Waals surface area contributed by atoms with Gasteiger partial charge in [-0.05, 0) is 13.3 Å². The highest BCUT2D eigenvalue weighted by Crippen LogP contribution is 2.13. The number of carbonyl (C=O) groups is 1. The number of nitrogens with two attached hydrogens (primary N) is 1. The topological polar surface area (TPSA) is 58.8 Å². The Hall–Kier alpha value is -0.650. The van der Waals surface area contributed by atoms with Gasteiger partial charge >= 0.3 is 0 Å². The van der Waals surface area contributed by atoms with Crippen molar-refractivity contribution in [2.75, 3.05) is 39.9 Å². The Balaban J connectivity index is 2.51. The number of hydrogen-bond acceptors (Lipinski definition) is 4. The van der Waals surface area contributed by atoms with Crippen molar-refractivity contribution in [3.05, 3.63) is 0 Å². The zero-order valence-corrected chi connectivity index (χ0v) is 11.2. The van der Waals surface area contributed by atoms with Crippen LogP contribution in [0.1, 0.15) is 20.3 Å². The predicted octanol–water partition coefficient (Wildman–Crippen LogP) is -0.0972. The van der Waals surface area contributed by atoms with E-state index >= 15 is 0 Å². The van der Waals surface area contributed by atoms with Crippen molar-refractivity contribution in [3.63, 3.8) is 0 Å². The molecule has 5 nitrogen and oxygen atoms in total. The Kier molecular flexibility index (Phi) is 5.88. The summed E-state index contributed by atoms with van der Waals surface area (Å²) in [5.74, 6) is 0.0647. The van der Waals surface area contributed by atoms with E-state index in [2.05, 4.69) is 11.8 Å². The van der Waals surface area contributed by atoms with Crippen molar-refractivity contribution in [3.8, 4) is 0 Å². The normalized spacial score (nSPS) is 23.8. The summed E-state index contributed by atoms with van der Waals surface area (Å²) in [5, 5.41) is 0. The van der Waals surface area contributed by atoms with E-state index in [4.69, 9.17) is 10.5 Å². The van der Waals surface area contributed by atoms with Gasteiger partial charge in [0.1, 0.15) is 0 Å². The molecular formula is C12H25N3O2. The van der Waals surface area contributed by atoms with E-state index in [-0.39, 0.29) is 5.91 Å². The second-order valence-electron chi connectivity index (χ2n) is 4.66. The molecule has 17 heavy (non-hydrogen) atoms. The lowest BCUT2D eigenvalue weighted by Crippen LogP contribution is -2.57. The third-order valence-corrected chi connectivity index (χ3v) is 3.36. The number of ether oxygens (including phenoxy) is 1. The summed E-state index contributed by atoms with van der Waals surface area (Å²) in [4.78, 5) is 16.1. The van der Waals surface area contributed by atoms with Gasteiger partial charge in [0.2, 0.25) is 5.91 Å². The van der Waals surface area contributed by atoms with Crippen molar-refractivity contribution >= 4 is 5.91 Å². The molecule has 0 bridgehead atoms. The standard InChI is InChI=1S/C12H25N3O2/c1-4-11-9-15(12(16)10(2)13)6-5-14(11)7-8-17-3/h10-11H,4-9,13H2,1-3H3. The number of amides is 1. The predicted molar refractivity (Wildman–Crippen MR) is 67.8 cm³/mol. The van der Waals surface area contributed by atoms with Crippen molar-refractivity contribution < 1.29 is 9.53 Å². The molecule has 5 heteroatoms. The molecule has 0 radical (unpaired) electrons. The van der Waals surface area contributed by atoms with Gasteiger partial charge in [0.25, 0.3) is 0 Å². The van der Waals surface area contributed by atoms with Crippen LogP contribution in [0.25, 0.3) is 0 Å². The first-order chi connectivity index (χ1) is 8.10. The molecule has 2 N–H and O–H groups in total. The molecule has 1 aliphatic rings. The van der Waals surface area contributed by atoms with E-state index in [0.717, 1.165) is 39.2 Å². The number of nitrogens with zero attached hydrogens (tertiary/aromatic N) is 2. The quantitative estimate of drug-likeness (QED) is 0.733. The Labute approximate surface area is 104 Å². The van der Waals surface area contributed by atoms with E-state index in [0.29, 0.717) is 6.04 Å². The molecule has 0 aromatic heterocycles. The fourth-order valence-corrected chi connectivity index (χ4v) is 2.27. The molecule has 1 heterocycles. The Morgan fingerprint density at radius 2 is 2.24 bits per heavy atom. The van der Waals surface area contributed by atoms with Crippen LogP contribution in [0.15, 0.2) is 0 Å². The van der Waals surface area contributed by atoms with Crippen LogP contribution in [0.2, 0.25) is 0 Å². The van der Waals surface area contributed by atoms with Crippen LogP contribution in [-0.4, -0.2) is 67.7 Å². The largest absolute Gasteiger partial charge is 0.383 e. The lowest BCUT2D eigenvalue weighted by atomic mass is 10.1. The summed E-state index contributed by atoms with van der Waals surface area (Å²) < 4.78 is 5.11. The number of methoxy groups -OCH3 is 1. The zero-order valence-electron chi connectivity index (χ0n) is 11.2. The molecule has 1 fully saturated rings. The summed E-state index contributed by atoms with van der Waals surface area (Å²) in [5.41, 5.74) is 5.64. The summed E-state index contributed by atoms with van der Waals surface area (Å²) in [7, 11) is 1.72. The monoisotopic (exact) mass is 243 g/mol. The molecule has 0 aromatic carbocycles. The van der Waals surface area contributed by atoms with Gasteiger partial charge in [0.15, 0.2) is 0 Å². The fourth-order valence-electron chi connectivity index (χ4n) is 2.27. The number of piperazine rings is 1. The van der Waals surface area contributed by atoms with Crippen molar-refractivity contribution in [1.82, 2.24) is 9.80 Å². The summed E-state index contributed by atoms with van der Waals surface area (Å²) in [6.45, 7) is 8.08. The highest BCUT2D eigenvalue weighted by Gasteiger charge is 2.29. The highest BCUT2D eigenvalue weighted by molar-refractivity contribution is 5.81. The second kappa shape index (κ2) is 6.93. The van der Waals surface area contributed by atoms with Gasteiger partial charge in [-0.1, -0.05) is 6.92 Å². The van der Waals surface area contributed by atoms with E-state index in [1.165, 1.54) is 0 Å². The van der Waals surface area contributed by atoms with Gasteiger partial charge in [-0.15, -0.1) is 0 Å². The molecule has 2 atom stereocenters. The molecule has 0 aliphatic carbocycles. The van der Waals surface area contributed by atoms with E-state index in [1.54, 1.807) is 14.0 Å². The van der Waals surface area contributed by atoms with Crippen LogP contribution < -0.4 is 5.73 Å². The Bertz CT molecular complexity index is 246. The molecule has 0 saturated carbocycles. The van der Waals surface area contributed by atoms with Crippen LogP contribution >= 0.6 is 0 Å². The number of rotatable bonds is 5. The highest BCUT2D eigenvalue weighted by atomic mass is 16.5. The summed E-state index contributed by atoms with van der Waals surface area (Å²) in [6.07, 6.45) is 1.05. The van der Waals surface area contributed by atoms with Crippen LogP contribution in [-0.2, 0) is 9.53 Å². The minimum atomic E-state index is -0.391. The molecule has 1 amide bonds. The van der Waals surface area contributed by atoms with Crippen LogP contribution in [0.5, 0.6) is 0 Å². The second-order valence-corrected chi connectivity index (χ2v) is 4.66. The van der Waals surface area contributed by atoms with E-state index in [9.17, 15) is 4.79 Å². The third-order valence-electron chi connectivity index (χ3n) is 3.36. The van der Waals surface area contributed by atoms with Gasteiger partial charge in [-0.25, -0.2) is 0 Å². The maximum atomic E-state index is 11.8. The fraction of sp³-hybridized carbons (Fsp3) is 0.917. The van der Waals surface area contributed by atoms with Gasteiger partial charge in [0.05, 0.1) is 12.6 Å². The summed E-state index contributed by atoms with van der Waals surface area (Å²) in [6, 6.07) is 0.0413. The molecule has 2 unspecified atom stereocenters. The Morgan fingerprint density at radius 1 is 1.53 bits per heavy atom. The molecule has 1 saturated heterocycles. The van der Waals surface area contributed by atoms with Crippen molar-refractivity contribution in [1.29, 1.82) is 0 Å². The minimum Gasteiger partial charge on any atom is -0.383 e. The third kappa shape index (κ3) is 3.94. The first-order valence-corrected chi connectivity index (χ1v) is 6.37. The van der Waals surface area contributed by atoms with Crippen molar-refractivity contribution in [2.45, 2.75) is 32.4 Å². The van der Waals surface area contributed by atoms with Gasteiger partial charge in [-0.2, -0.15) is 0 Å². The first kappa shape index (κ1) is 14.4. The van der Waals surface area contributed by atoms with E-state index < -0.39 is 6.04 Å². The molecule has 1 aliphatic heterocycles. The summed E-state index contributed by atoms with van der Waals surface area (Å²) >= 11 is 0. The smallest absolute Gasteiger partial charge is 0.239 e. The van der Waals surface area contributed by atoms with Crippen LogP contribution in [0.4, 0.5) is 0 Å². The molecule has 100 valence electrons. The van der Waals surface area contributed by atoms with Gasteiger partial charge in [0, 0.05) is 39.3 Å². The molecule has 0 spiro atoms. The van der Waals surface area contributed by atoms with Gasteiger partial charge < -0.3 is 15.4 Å². The van der Waals surface area contributed by atoms with E-state index in [1.807, 2.05) is 4.90 Å². The van der Waals surface area contributed by atoms with Crippen LogP contribution in [0, 0.1) is 0 Å². The first-order valence-electron chi connectivity index (χ1n) is 6.37. The maximum absolute atomic E-state index is 11.8. The minimum absolute atomic E-state index is 0.0647. The molecule has 1 rings (SSSR count). The average molecular weight is 243 g/mol. The SMILES string of the molecule is CCC1CN(C(=O)C(C)N)CCN1CCOC. The molecule has 0 aromatic rings. The maximum Gasteiger partial charge on any atom is 0.239 e. The zero-order chi connectivity index (χ0) is 12.8. The lowest BCUT2D eigenvalue weighted by molar-refractivity contribution is -0.135. The Morgan fingerprint density at radius 3 is 2.76 bits per heavy atom. The van der Waals surface area contributed by atoms with Crippen molar-refractivity contribution in [2.24, 2.45) is 5.73 Å². The number of carbonyl (C=O) groups excluding carboxylic acids is 1. The molecular weight excluding hydrogens is 218 g/mol. The average Bonchev–Trinajstić information content (AvgIpc) is 2.35. The number of hydrogen-bond donors (Lipinski definition) is 1. The van der Waals surface area contributed by atoms with Crippen LogP contribution in [0.3, 0.4) is 0 Å².